The van der Waals surface area contributed by atoms with Crippen LogP contribution in [0.2, 0.25) is 0 Å². The number of hydrogen-bond donors (Lipinski definition) is 2. The van der Waals surface area contributed by atoms with Crippen LogP contribution in [0.4, 0.5) is 5.69 Å². The van der Waals surface area contributed by atoms with Gasteiger partial charge in [-0.15, -0.1) is 0 Å². The van der Waals surface area contributed by atoms with Crippen LogP contribution in [-0.2, 0) is 10.8 Å². The predicted octanol–water partition coefficient (Wildman–Crippen LogP) is 1.16. The number of anilines is 1. The van der Waals surface area contributed by atoms with E-state index >= 15 is 0 Å². The summed E-state index contributed by atoms with van der Waals surface area (Å²) in [6.07, 6.45) is 2.32. The fourth-order valence-electron chi connectivity index (χ4n) is 1.51. The van der Waals surface area contributed by atoms with Crippen molar-refractivity contribution in [2.24, 2.45) is 0 Å². The Hall–Kier alpha value is -1.56. The van der Waals surface area contributed by atoms with Crippen molar-refractivity contribution in [1.29, 1.82) is 0 Å². The van der Waals surface area contributed by atoms with E-state index in [1.807, 2.05) is 6.92 Å². The van der Waals surface area contributed by atoms with Gasteiger partial charge in [-0.1, -0.05) is 6.92 Å². The zero-order chi connectivity index (χ0) is 14.4. The molecule has 0 saturated heterocycles. The van der Waals surface area contributed by atoms with Crippen molar-refractivity contribution in [3.8, 4) is 5.75 Å². The predicted molar refractivity (Wildman–Crippen MR) is 77.9 cm³/mol. The average Bonchev–Trinajstić information content (AvgIpc) is 2.38. The maximum absolute atomic E-state index is 12.0. The number of carbonyl (C=O) groups is 1. The Kier molecular flexibility index (Phi) is 5.82. The van der Waals surface area contributed by atoms with Gasteiger partial charge in [-0.05, 0) is 24.6 Å². The van der Waals surface area contributed by atoms with Gasteiger partial charge < -0.3 is 15.8 Å². The number of methoxy groups -OCH3 is 1. The van der Waals surface area contributed by atoms with Crippen molar-refractivity contribution >= 4 is 22.4 Å². The van der Waals surface area contributed by atoms with E-state index < -0.39 is 10.8 Å². The molecule has 6 heteroatoms. The SMILES string of the molecule is COc1ccc(N)c(C(=O)NCCC(C)S(C)=O)c1. The Morgan fingerprint density at radius 1 is 1.53 bits per heavy atom. The van der Waals surface area contributed by atoms with Crippen LogP contribution < -0.4 is 15.8 Å². The fraction of sp³-hybridized carbons (Fsp3) is 0.462. The molecule has 3 N–H and O–H groups in total. The lowest BCUT2D eigenvalue weighted by atomic mass is 10.1. The summed E-state index contributed by atoms with van der Waals surface area (Å²) in [6, 6.07) is 4.94. The van der Waals surface area contributed by atoms with E-state index in [0.717, 1.165) is 0 Å². The third-order valence-corrected chi connectivity index (χ3v) is 4.28. The van der Waals surface area contributed by atoms with Crippen LogP contribution in [0.15, 0.2) is 18.2 Å². The molecule has 106 valence electrons. The Morgan fingerprint density at radius 2 is 2.21 bits per heavy atom. The Labute approximate surface area is 116 Å². The number of nitrogens with one attached hydrogen (secondary N) is 1. The Bertz CT molecular complexity index is 477. The van der Waals surface area contributed by atoms with Crippen LogP contribution >= 0.6 is 0 Å². The lowest BCUT2D eigenvalue weighted by Gasteiger charge is -2.11. The quantitative estimate of drug-likeness (QED) is 0.768. The molecule has 0 bridgehead atoms. The normalized spacial score (nSPS) is 13.6. The molecule has 1 amide bonds. The molecular weight excluding hydrogens is 264 g/mol. The highest BCUT2D eigenvalue weighted by Gasteiger charge is 2.12. The second kappa shape index (κ2) is 7.13. The lowest BCUT2D eigenvalue weighted by molar-refractivity contribution is 0.0954. The minimum atomic E-state index is -0.875. The van der Waals surface area contributed by atoms with Crippen LogP contribution in [-0.4, -0.2) is 35.3 Å². The van der Waals surface area contributed by atoms with Crippen molar-refractivity contribution in [2.45, 2.75) is 18.6 Å². The number of carbonyl (C=O) groups excluding carboxylic acids is 1. The number of rotatable bonds is 6. The third-order valence-electron chi connectivity index (χ3n) is 2.91. The van der Waals surface area contributed by atoms with Crippen molar-refractivity contribution < 1.29 is 13.7 Å². The van der Waals surface area contributed by atoms with Crippen molar-refractivity contribution in [2.75, 3.05) is 25.6 Å². The number of benzene rings is 1. The first-order valence-electron chi connectivity index (χ1n) is 5.99. The van der Waals surface area contributed by atoms with Crippen molar-refractivity contribution in [3.05, 3.63) is 23.8 Å². The summed E-state index contributed by atoms with van der Waals surface area (Å²) in [7, 11) is 0.658. The average molecular weight is 284 g/mol. The number of ether oxygens (including phenoxy) is 1. The van der Waals surface area contributed by atoms with Gasteiger partial charge in [-0.3, -0.25) is 9.00 Å². The fourth-order valence-corrected chi connectivity index (χ4v) is 1.96. The highest BCUT2D eigenvalue weighted by atomic mass is 32.2. The Morgan fingerprint density at radius 3 is 2.79 bits per heavy atom. The van der Waals surface area contributed by atoms with Gasteiger partial charge in [0.1, 0.15) is 5.75 Å². The smallest absolute Gasteiger partial charge is 0.253 e. The summed E-state index contributed by atoms with van der Waals surface area (Å²) in [5.41, 5.74) is 6.56. The molecule has 1 rings (SSSR count). The number of amides is 1. The van der Waals surface area contributed by atoms with E-state index in [0.29, 0.717) is 30.0 Å². The van der Waals surface area contributed by atoms with Gasteiger partial charge in [0.05, 0.1) is 12.7 Å². The number of nitrogen functional groups attached to an aromatic ring is 1. The number of nitrogens with two attached hydrogens (primary N) is 1. The maximum atomic E-state index is 12.0. The van der Waals surface area contributed by atoms with Crippen LogP contribution in [0.3, 0.4) is 0 Å². The molecular formula is C13H20N2O3S. The number of hydrogen-bond acceptors (Lipinski definition) is 4. The third kappa shape index (κ3) is 4.55. The molecule has 0 heterocycles. The standard InChI is InChI=1S/C13H20N2O3S/c1-9(19(3)17)6-7-15-13(16)11-8-10(18-2)4-5-12(11)14/h4-5,8-9H,6-7,14H2,1-3H3,(H,15,16). The highest BCUT2D eigenvalue weighted by Crippen LogP contribution is 2.19. The molecule has 0 spiro atoms. The summed E-state index contributed by atoms with van der Waals surface area (Å²) in [5, 5.41) is 2.83. The van der Waals surface area contributed by atoms with Gasteiger partial charge in [0.15, 0.2) is 0 Å². The first-order valence-corrected chi connectivity index (χ1v) is 7.61. The van der Waals surface area contributed by atoms with E-state index in [1.54, 1.807) is 24.5 Å². The van der Waals surface area contributed by atoms with Gasteiger partial charge in [0.2, 0.25) is 0 Å². The molecule has 0 aliphatic heterocycles. The van der Waals surface area contributed by atoms with Gasteiger partial charge in [-0.2, -0.15) is 0 Å². The van der Waals surface area contributed by atoms with Crippen LogP contribution in [0.5, 0.6) is 5.75 Å². The summed E-state index contributed by atoms with van der Waals surface area (Å²) in [5.74, 6) is 0.341. The van der Waals surface area contributed by atoms with E-state index in [9.17, 15) is 9.00 Å². The lowest BCUT2D eigenvalue weighted by Crippen LogP contribution is -2.28. The molecule has 5 nitrogen and oxygen atoms in total. The van der Waals surface area contributed by atoms with E-state index in [2.05, 4.69) is 5.32 Å². The summed E-state index contributed by atoms with van der Waals surface area (Å²) in [6.45, 7) is 2.36. The maximum Gasteiger partial charge on any atom is 0.253 e. The molecule has 2 atom stereocenters. The van der Waals surface area contributed by atoms with Crippen LogP contribution in [0, 0.1) is 0 Å². The largest absolute Gasteiger partial charge is 0.497 e. The molecule has 0 aromatic heterocycles. The molecule has 2 unspecified atom stereocenters. The van der Waals surface area contributed by atoms with Gasteiger partial charge in [-0.25, -0.2) is 0 Å². The second-order valence-corrected chi connectivity index (χ2v) is 6.11. The van der Waals surface area contributed by atoms with Gasteiger partial charge in [0, 0.05) is 34.5 Å². The minimum Gasteiger partial charge on any atom is -0.497 e. The first-order chi connectivity index (χ1) is 8.95. The first kappa shape index (κ1) is 15.5. The van der Waals surface area contributed by atoms with Gasteiger partial charge in [0.25, 0.3) is 5.91 Å². The van der Waals surface area contributed by atoms with Gasteiger partial charge >= 0.3 is 0 Å². The van der Waals surface area contributed by atoms with E-state index in [4.69, 9.17) is 10.5 Å². The molecule has 19 heavy (non-hydrogen) atoms. The molecule has 1 aromatic rings. The van der Waals surface area contributed by atoms with Crippen LogP contribution in [0.25, 0.3) is 0 Å². The minimum absolute atomic E-state index is 0.0583. The molecule has 0 aliphatic rings. The zero-order valence-electron chi connectivity index (χ0n) is 11.4. The van der Waals surface area contributed by atoms with E-state index in [-0.39, 0.29) is 11.2 Å². The molecule has 0 radical (unpaired) electrons. The molecule has 0 saturated carbocycles. The Balaban J connectivity index is 2.61. The van der Waals surface area contributed by atoms with E-state index in [1.165, 1.54) is 7.11 Å². The summed E-state index contributed by atoms with van der Waals surface area (Å²) < 4.78 is 16.2. The monoisotopic (exact) mass is 284 g/mol. The summed E-state index contributed by atoms with van der Waals surface area (Å²) >= 11 is 0. The molecule has 0 fully saturated rings. The second-order valence-electron chi connectivity index (χ2n) is 4.31. The molecule has 0 aliphatic carbocycles. The zero-order valence-corrected chi connectivity index (χ0v) is 12.3. The molecule has 1 aromatic carbocycles. The topological polar surface area (TPSA) is 81.4 Å². The highest BCUT2D eigenvalue weighted by molar-refractivity contribution is 7.84. The van der Waals surface area contributed by atoms with Crippen molar-refractivity contribution in [1.82, 2.24) is 5.32 Å². The summed E-state index contributed by atoms with van der Waals surface area (Å²) in [4.78, 5) is 12.0. The van der Waals surface area contributed by atoms with Crippen molar-refractivity contribution in [3.63, 3.8) is 0 Å². The van der Waals surface area contributed by atoms with Crippen LogP contribution in [0.1, 0.15) is 23.7 Å².